The van der Waals surface area contributed by atoms with E-state index in [1.54, 1.807) is 6.20 Å². The molecule has 5 nitrogen and oxygen atoms in total. The first kappa shape index (κ1) is 13.3. The van der Waals surface area contributed by atoms with Crippen LogP contribution in [0.5, 0.6) is 0 Å². The maximum absolute atomic E-state index is 11.1. The maximum atomic E-state index is 11.1. The number of morpholine rings is 1. The minimum absolute atomic E-state index is 0.313. The first-order chi connectivity index (χ1) is 9.66. The second kappa shape index (κ2) is 5.38. The van der Waals surface area contributed by atoms with E-state index in [2.05, 4.69) is 20.9 Å². The summed E-state index contributed by atoms with van der Waals surface area (Å²) in [4.78, 5) is 17.5. The van der Waals surface area contributed by atoms with Crippen LogP contribution < -0.4 is 4.90 Å². The third-order valence-corrected chi connectivity index (χ3v) is 4.06. The summed E-state index contributed by atoms with van der Waals surface area (Å²) in [5, 5.41) is 11.2. The van der Waals surface area contributed by atoms with Crippen LogP contribution >= 0.6 is 15.9 Å². The highest BCUT2D eigenvalue weighted by molar-refractivity contribution is 9.10. The van der Waals surface area contributed by atoms with Gasteiger partial charge < -0.3 is 14.7 Å². The fraction of sp³-hybridized carbons (Fsp3) is 0.286. The minimum Gasteiger partial charge on any atom is -0.479 e. The first-order valence-electron chi connectivity index (χ1n) is 6.29. The standard InChI is InChI=1S/C14H13BrN2O3/c15-11-3-1-2-10-9(11)4-5-16-13(10)17-6-7-20-12(8-17)14(18)19/h1-5,12H,6-8H2,(H,18,19). The van der Waals surface area contributed by atoms with Crippen molar-refractivity contribution in [3.05, 3.63) is 34.9 Å². The number of carbonyl (C=O) groups is 1. The molecule has 0 aliphatic carbocycles. The van der Waals surface area contributed by atoms with E-state index in [1.807, 2.05) is 29.2 Å². The summed E-state index contributed by atoms with van der Waals surface area (Å²) >= 11 is 3.53. The van der Waals surface area contributed by atoms with Crippen molar-refractivity contribution in [1.29, 1.82) is 0 Å². The molecule has 20 heavy (non-hydrogen) atoms. The average Bonchev–Trinajstić information content (AvgIpc) is 2.47. The Labute approximate surface area is 124 Å². The molecular formula is C14H13BrN2O3. The Morgan fingerprint density at radius 3 is 3.05 bits per heavy atom. The largest absolute Gasteiger partial charge is 0.479 e. The summed E-state index contributed by atoms with van der Waals surface area (Å²) in [6.07, 6.45) is 0.946. The van der Waals surface area contributed by atoms with E-state index in [-0.39, 0.29) is 0 Å². The van der Waals surface area contributed by atoms with Crippen molar-refractivity contribution in [3.8, 4) is 0 Å². The molecule has 1 N–H and O–H groups in total. The second-order valence-electron chi connectivity index (χ2n) is 4.61. The fourth-order valence-electron chi connectivity index (χ4n) is 2.40. The van der Waals surface area contributed by atoms with Gasteiger partial charge in [0.2, 0.25) is 0 Å². The number of rotatable bonds is 2. The molecule has 6 heteroatoms. The van der Waals surface area contributed by atoms with Crippen LogP contribution in [-0.4, -0.2) is 41.9 Å². The summed E-state index contributed by atoms with van der Waals surface area (Å²) in [5.41, 5.74) is 0. The number of halogens is 1. The van der Waals surface area contributed by atoms with E-state index in [0.717, 1.165) is 21.1 Å². The van der Waals surface area contributed by atoms with Crippen LogP contribution in [-0.2, 0) is 9.53 Å². The van der Waals surface area contributed by atoms with Gasteiger partial charge in [-0.2, -0.15) is 0 Å². The van der Waals surface area contributed by atoms with Crippen molar-refractivity contribution >= 4 is 38.5 Å². The van der Waals surface area contributed by atoms with Crippen LogP contribution in [0.25, 0.3) is 10.8 Å². The van der Waals surface area contributed by atoms with Crippen molar-refractivity contribution < 1.29 is 14.6 Å². The number of pyridine rings is 1. The van der Waals surface area contributed by atoms with E-state index < -0.39 is 12.1 Å². The number of ether oxygens (including phenoxy) is 1. The highest BCUT2D eigenvalue weighted by Crippen LogP contribution is 2.30. The van der Waals surface area contributed by atoms with Gasteiger partial charge in [0, 0.05) is 28.0 Å². The van der Waals surface area contributed by atoms with Gasteiger partial charge in [-0.1, -0.05) is 28.1 Å². The first-order valence-corrected chi connectivity index (χ1v) is 7.08. The number of hydrogen-bond donors (Lipinski definition) is 1. The molecule has 1 fully saturated rings. The number of hydrogen-bond acceptors (Lipinski definition) is 4. The number of aromatic nitrogens is 1. The summed E-state index contributed by atoms with van der Waals surface area (Å²) in [6, 6.07) is 7.86. The highest BCUT2D eigenvalue weighted by atomic mass is 79.9. The van der Waals surface area contributed by atoms with Crippen LogP contribution in [0.4, 0.5) is 5.82 Å². The lowest BCUT2D eigenvalue weighted by Gasteiger charge is -2.32. The SMILES string of the molecule is O=C(O)C1CN(c2nccc3c(Br)cccc23)CCO1. The van der Waals surface area contributed by atoms with Crippen LogP contribution in [0.2, 0.25) is 0 Å². The molecule has 1 saturated heterocycles. The van der Waals surface area contributed by atoms with Crippen LogP contribution in [0.15, 0.2) is 34.9 Å². The lowest BCUT2D eigenvalue weighted by molar-refractivity contribution is -0.150. The Morgan fingerprint density at radius 2 is 2.25 bits per heavy atom. The van der Waals surface area contributed by atoms with Gasteiger partial charge in [0.1, 0.15) is 5.82 Å². The molecule has 2 heterocycles. The number of nitrogens with zero attached hydrogens (tertiary/aromatic N) is 2. The van der Waals surface area contributed by atoms with Gasteiger partial charge in [-0.25, -0.2) is 9.78 Å². The van der Waals surface area contributed by atoms with E-state index in [0.29, 0.717) is 19.7 Å². The minimum atomic E-state index is -0.934. The molecule has 0 radical (unpaired) electrons. The predicted molar refractivity (Wildman–Crippen MR) is 79.0 cm³/mol. The van der Waals surface area contributed by atoms with Gasteiger partial charge in [-0.15, -0.1) is 0 Å². The average molecular weight is 337 g/mol. The number of anilines is 1. The summed E-state index contributed by atoms with van der Waals surface area (Å²) in [7, 11) is 0. The maximum Gasteiger partial charge on any atom is 0.334 e. The summed E-state index contributed by atoms with van der Waals surface area (Å²) < 4.78 is 6.25. The number of aliphatic carboxylic acids is 1. The van der Waals surface area contributed by atoms with Crippen molar-refractivity contribution in [1.82, 2.24) is 4.98 Å². The lowest BCUT2D eigenvalue weighted by atomic mass is 10.1. The predicted octanol–water partition coefficient (Wildman–Crippen LogP) is 2.29. The van der Waals surface area contributed by atoms with E-state index >= 15 is 0 Å². The molecule has 0 amide bonds. The monoisotopic (exact) mass is 336 g/mol. The van der Waals surface area contributed by atoms with Crippen molar-refractivity contribution in [2.75, 3.05) is 24.6 Å². The van der Waals surface area contributed by atoms with Gasteiger partial charge in [0.25, 0.3) is 0 Å². The molecule has 1 aliphatic rings. The van der Waals surface area contributed by atoms with Gasteiger partial charge >= 0.3 is 5.97 Å². The van der Waals surface area contributed by atoms with Crippen molar-refractivity contribution in [2.45, 2.75) is 6.10 Å². The molecule has 0 saturated carbocycles. The molecule has 1 aliphatic heterocycles. The Kier molecular flexibility index (Phi) is 3.58. The van der Waals surface area contributed by atoms with Gasteiger partial charge in [-0.3, -0.25) is 0 Å². The molecule has 104 valence electrons. The van der Waals surface area contributed by atoms with Crippen molar-refractivity contribution in [2.24, 2.45) is 0 Å². The van der Waals surface area contributed by atoms with Crippen LogP contribution in [0.3, 0.4) is 0 Å². The normalized spacial score (nSPS) is 19.2. The zero-order valence-corrected chi connectivity index (χ0v) is 12.2. The zero-order valence-electron chi connectivity index (χ0n) is 10.6. The highest BCUT2D eigenvalue weighted by Gasteiger charge is 2.27. The molecule has 3 rings (SSSR count). The number of benzene rings is 1. The molecule has 0 spiro atoms. The molecule has 0 bridgehead atoms. The van der Waals surface area contributed by atoms with Crippen molar-refractivity contribution in [3.63, 3.8) is 0 Å². The number of carboxylic acid groups (broad SMARTS) is 1. The van der Waals surface area contributed by atoms with Crippen LogP contribution in [0, 0.1) is 0 Å². The summed E-state index contributed by atoms with van der Waals surface area (Å²) in [6.45, 7) is 1.35. The molecule has 2 aromatic rings. The molecule has 1 unspecified atom stereocenters. The molecular weight excluding hydrogens is 324 g/mol. The van der Waals surface area contributed by atoms with Gasteiger partial charge in [-0.05, 0) is 12.1 Å². The van der Waals surface area contributed by atoms with E-state index in [1.165, 1.54) is 0 Å². The molecule has 1 aromatic heterocycles. The van der Waals surface area contributed by atoms with Gasteiger partial charge in [0.05, 0.1) is 13.2 Å². The Balaban J connectivity index is 2.02. The topological polar surface area (TPSA) is 62.7 Å². The summed E-state index contributed by atoms with van der Waals surface area (Å²) in [5.74, 6) is -0.130. The lowest BCUT2D eigenvalue weighted by Crippen LogP contribution is -2.46. The Morgan fingerprint density at radius 1 is 1.40 bits per heavy atom. The van der Waals surface area contributed by atoms with Gasteiger partial charge in [0.15, 0.2) is 6.10 Å². The molecule has 1 atom stereocenters. The van der Waals surface area contributed by atoms with E-state index in [9.17, 15) is 4.79 Å². The smallest absolute Gasteiger partial charge is 0.334 e. The molecule has 1 aromatic carbocycles. The zero-order chi connectivity index (χ0) is 14.1. The second-order valence-corrected chi connectivity index (χ2v) is 5.47. The van der Waals surface area contributed by atoms with Crippen LogP contribution in [0.1, 0.15) is 0 Å². The number of fused-ring (bicyclic) bond motifs is 1. The Hall–Kier alpha value is -1.66. The third-order valence-electron chi connectivity index (χ3n) is 3.37. The number of carboxylic acids is 1. The van der Waals surface area contributed by atoms with E-state index in [4.69, 9.17) is 9.84 Å². The quantitative estimate of drug-likeness (QED) is 0.911. The Bertz CT molecular complexity index is 662. The fourth-order valence-corrected chi connectivity index (χ4v) is 2.89. The third kappa shape index (κ3) is 2.36.